The third kappa shape index (κ3) is 8.64. The molecule has 1 aliphatic heterocycles. The number of amides is 1. The highest BCUT2D eigenvalue weighted by Gasteiger charge is 2.40. The Kier molecular flexibility index (Phi) is 7.92. The van der Waals surface area contributed by atoms with Crippen molar-refractivity contribution in [3.8, 4) is 0 Å². The maximum absolute atomic E-state index is 12.4. The van der Waals surface area contributed by atoms with Crippen LogP contribution in [0.1, 0.15) is 60.8 Å². The minimum Gasteiger partial charge on any atom is -0.458 e. The van der Waals surface area contributed by atoms with Crippen molar-refractivity contribution in [3.05, 3.63) is 4.91 Å². The molecular formula is C18H30N2O8. The smallest absolute Gasteiger partial charge is 0.408 e. The molecule has 28 heavy (non-hydrogen) atoms. The van der Waals surface area contributed by atoms with Crippen LogP contribution in [0.2, 0.25) is 0 Å². The van der Waals surface area contributed by atoms with Crippen molar-refractivity contribution in [1.82, 2.24) is 5.32 Å². The van der Waals surface area contributed by atoms with Crippen LogP contribution in [-0.2, 0) is 28.5 Å². The summed E-state index contributed by atoms with van der Waals surface area (Å²) in [7, 11) is 0. The molecule has 1 saturated heterocycles. The van der Waals surface area contributed by atoms with E-state index >= 15 is 0 Å². The lowest BCUT2D eigenvalue weighted by atomic mass is 10.1. The number of hydrogen-bond donors (Lipinski definition) is 1. The molecule has 1 N–H and O–H groups in total. The van der Waals surface area contributed by atoms with Crippen LogP contribution in [0.4, 0.5) is 4.79 Å². The molecular weight excluding hydrogens is 372 g/mol. The minimum atomic E-state index is -1.53. The fourth-order valence-corrected chi connectivity index (χ4v) is 2.34. The Morgan fingerprint density at radius 1 is 1.04 bits per heavy atom. The molecule has 0 spiro atoms. The Morgan fingerprint density at radius 3 is 2.04 bits per heavy atom. The van der Waals surface area contributed by atoms with Crippen molar-refractivity contribution in [1.29, 1.82) is 0 Å². The first-order valence-corrected chi connectivity index (χ1v) is 9.12. The lowest BCUT2D eigenvalue weighted by Crippen LogP contribution is -2.48. The number of rotatable bonds is 6. The summed E-state index contributed by atoms with van der Waals surface area (Å²) in [6.45, 7) is 10.4. The summed E-state index contributed by atoms with van der Waals surface area (Å²) >= 11 is 0. The average Bonchev–Trinajstić information content (AvgIpc) is 2.51. The van der Waals surface area contributed by atoms with E-state index in [4.69, 9.17) is 18.9 Å². The highest BCUT2D eigenvalue weighted by molar-refractivity contribution is 5.86. The van der Waals surface area contributed by atoms with Gasteiger partial charge in [-0.05, 0) is 46.7 Å². The predicted octanol–water partition coefficient (Wildman–Crippen LogP) is 2.43. The summed E-state index contributed by atoms with van der Waals surface area (Å²) in [5.41, 5.74) is -3.16. The van der Waals surface area contributed by atoms with Gasteiger partial charge in [0.1, 0.15) is 17.2 Å². The normalized spacial score (nSPS) is 17.8. The van der Waals surface area contributed by atoms with Crippen LogP contribution in [0.25, 0.3) is 0 Å². The zero-order valence-electron chi connectivity index (χ0n) is 17.3. The minimum absolute atomic E-state index is 0.124. The molecule has 1 atom stereocenters. The first-order valence-electron chi connectivity index (χ1n) is 9.12. The SMILES string of the molecule is CC(C)(C)OC(=O)NC(CC(=O)OC1(N=O)CCOCC1)C(=O)OC(C)(C)C. The molecule has 0 aromatic carbocycles. The van der Waals surface area contributed by atoms with Crippen LogP contribution in [0.3, 0.4) is 0 Å². The molecule has 0 aromatic rings. The molecule has 1 aliphatic rings. The molecule has 1 heterocycles. The zero-order chi connectivity index (χ0) is 21.6. The molecule has 1 fully saturated rings. The van der Waals surface area contributed by atoms with Gasteiger partial charge in [-0.3, -0.25) is 4.79 Å². The summed E-state index contributed by atoms with van der Waals surface area (Å²) in [6, 6.07) is -1.34. The topological polar surface area (TPSA) is 130 Å². The van der Waals surface area contributed by atoms with Gasteiger partial charge >= 0.3 is 18.0 Å². The molecule has 0 aliphatic carbocycles. The molecule has 0 saturated carbocycles. The number of nitrogens with zero attached hydrogens (tertiary/aromatic N) is 1. The summed E-state index contributed by atoms with van der Waals surface area (Å²) in [5, 5.41) is 5.26. The molecule has 1 rings (SSSR count). The van der Waals surface area contributed by atoms with Crippen LogP contribution in [0, 0.1) is 4.91 Å². The molecule has 1 unspecified atom stereocenters. The monoisotopic (exact) mass is 402 g/mol. The van der Waals surface area contributed by atoms with Gasteiger partial charge in [-0.1, -0.05) is 0 Å². The molecule has 0 radical (unpaired) electrons. The molecule has 10 heteroatoms. The van der Waals surface area contributed by atoms with Crippen molar-refractivity contribution in [2.24, 2.45) is 5.18 Å². The molecule has 10 nitrogen and oxygen atoms in total. The Hall–Kier alpha value is -2.23. The number of hydrogen-bond acceptors (Lipinski definition) is 9. The lowest BCUT2D eigenvalue weighted by Gasteiger charge is -2.30. The van der Waals surface area contributed by atoms with Gasteiger partial charge in [0.15, 0.2) is 0 Å². The molecule has 1 amide bonds. The van der Waals surface area contributed by atoms with E-state index in [-0.39, 0.29) is 26.1 Å². The molecule has 160 valence electrons. The first kappa shape index (κ1) is 23.8. The van der Waals surface area contributed by atoms with Crippen LogP contribution in [-0.4, -0.2) is 54.2 Å². The second-order valence-electron chi connectivity index (χ2n) is 8.56. The number of esters is 2. The van der Waals surface area contributed by atoms with Crippen molar-refractivity contribution < 1.29 is 33.3 Å². The van der Waals surface area contributed by atoms with Crippen molar-refractivity contribution >= 4 is 18.0 Å². The van der Waals surface area contributed by atoms with Gasteiger partial charge in [-0.2, -0.15) is 0 Å². The van der Waals surface area contributed by atoms with E-state index in [1.54, 1.807) is 41.5 Å². The van der Waals surface area contributed by atoms with Crippen molar-refractivity contribution in [2.45, 2.75) is 83.8 Å². The second-order valence-corrected chi connectivity index (χ2v) is 8.56. The molecule has 0 aromatic heterocycles. The van der Waals surface area contributed by atoms with E-state index in [9.17, 15) is 19.3 Å². The predicted molar refractivity (Wildman–Crippen MR) is 98.3 cm³/mol. The first-order chi connectivity index (χ1) is 12.8. The maximum Gasteiger partial charge on any atom is 0.408 e. The number of ether oxygens (including phenoxy) is 4. The fraction of sp³-hybridized carbons (Fsp3) is 0.833. The highest BCUT2D eigenvalue weighted by atomic mass is 16.6. The van der Waals surface area contributed by atoms with Crippen molar-refractivity contribution in [3.63, 3.8) is 0 Å². The molecule has 0 bridgehead atoms. The van der Waals surface area contributed by atoms with E-state index in [0.717, 1.165) is 0 Å². The summed E-state index contributed by atoms with van der Waals surface area (Å²) < 4.78 is 20.7. The number of nitroso groups, excluding NO2 is 1. The number of alkyl carbamates (subject to hydrolysis) is 1. The van der Waals surface area contributed by atoms with E-state index < -0.39 is 47.4 Å². The summed E-state index contributed by atoms with van der Waals surface area (Å²) in [5.74, 6) is -1.69. The van der Waals surface area contributed by atoms with Gasteiger partial charge in [0.2, 0.25) is 5.72 Å². The van der Waals surface area contributed by atoms with Crippen LogP contribution in [0.15, 0.2) is 5.18 Å². The second kappa shape index (κ2) is 9.31. The van der Waals surface area contributed by atoms with Gasteiger partial charge in [0.05, 0.1) is 19.6 Å². The lowest BCUT2D eigenvalue weighted by molar-refractivity contribution is -0.172. The van der Waals surface area contributed by atoms with Crippen LogP contribution in [0.5, 0.6) is 0 Å². The largest absolute Gasteiger partial charge is 0.458 e. The zero-order valence-corrected chi connectivity index (χ0v) is 17.3. The van der Waals surface area contributed by atoms with Gasteiger partial charge < -0.3 is 24.3 Å². The number of nitrogens with one attached hydrogen (secondary N) is 1. The van der Waals surface area contributed by atoms with Crippen LogP contribution >= 0.6 is 0 Å². The summed E-state index contributed by atoms with van der Waals surface area (Å²) in [4.78, 5) is 48.0. The van der Waals surface area contributed by atoms with Gasteiger partial charge in [-0.25, -0.2) is 9.59 Å². The van der Waals surface area contributed by atoms with Gasteiger partial charge in [-0.15, -0.1) is 4.91 Å². The van der Waals surface area contributed by atoms with E-state index in [1.165, 1.54) is 0 Å². The Bertz CT molecular complexity index is 585. The van der Waals surface area contributed by atoms with Crippen molar-refractivity contribution in [2.75, 3.05) is 13.2 Å². The summed E-state index contributed by atoms with van der Waals surface area (Å²) in [6.07, 6.45) is -1.17. The van der Waals surface area contributed by atoms with Crippen LogP contribution < -0.4 is 5.32 Å². The Labute approximate surface area is 164 Å². The average molecular weight is 402 g/mol. The number of carbonyl (C=O) groups is 3. The third-order valence-corrected chi connectivity index (χ3v) is 3.50. The Balaban J connectivity index is 2.85. The standard InChI is InChI=1S/C18H30N2O8/c1-16(2,3)27-14(22)12(19-15(23)28-17(4,5)6)11-13(21)26-18(20-24)7-9-25-10-8-18/h12H,7-11H2,1-6H3,(H,19,23). The highest BCUT2D eigenvalue weighted by Crippen LogP contribution is 2.27. The third-order valence-electron chi connectivity index (χ3n) is 3.50. The fourth-order valence-electron chi connectivity index (χ4n) is 2.34. The van der Waals surface area contributed by atoms with E-state index in [2.05, 4.69) is 10.5 Å². The Morgan fingerprint density at radius 2 is 1.57 bits per heavy atom. The quantitative estimate of drug-likeness (QED) is 0.407. The number of carbonyl (C=O) groups excluding carboxylic acids is 3. The maximum atomic E-state index is 12.4. The van der Waals surface area contributed by atoms with Gasteiger partial charge in [0.25, 0.3) is 0 Å². The van der Waals surface area contributed by atoms with E-state index in [0.29, 0.717) is 0 Å². The van der Waals surface area contributed by atoms with Gasteiger partial charge in [0, 0.05) is 12.8 Å². The van der Waals surface area contributed by atoms with E-state index in [1.807, 2.05) is 0 Å².